The molecule has 0 aliphatic carbocycles. The fourth-order valence-corrected chi connectivity index (χ4v) is 1.21. The minimum absolute atomic E-state index is 0.113. The van der Waals surface area contributed by atoms with Gasteiger partial charge in [0.2, 0.25) is 0 Å². The highest BCUT2D eigenvalue weighted by atomic mass is 19.1. The average molecular weight is 205 g/mol. The first-order chi connectivity index (χ1) is 7.06. The molecule has 1 aromatic carbocycles. The van der Waals surface area contributed by atoms with Crippen LogP contribution in [0.5, 0.6) is 0 Å². The average Bonchev–Trinajstić information content (AvgIpc) is 2.18. The Balaban J connectivity index is 3.18. The van der Waals surface area contributed by atoms with Gasteiger partial charge in [-0.25, -0.2) is 4.39 Å². The van der Waals surface area contributed by atoms with Gasteiger partial charge in [0, 0.05) is 0 Å². The van der Waals surface area contributed by atoms with Crippen molar-refractivity contribution < 1.29 is 9.18 Å². The molecule has 0 saturated carbocycles. The molecule has 0 aromatic heterocycles. The van der Waals surface area contributed by atoms with Crippen molar-refractivity contribution in [3.05, 3.63) is 53.9 Å². The van der Waals surface area contributed by atoms with Gasteiger partial charge in [0.25, 0.3) is 5.91 Å². The summed E-state index contributed by atoms with van der Waals surface area (Å²) in [5.41, 5.74) is 6.31. The number of rotatable bonds is 3. The first-order valence-corrected chi connectivity index (χ1v) is 4.47. The van der Waals surface area contributed by atoms with Gasteiger partial charge in [-0.05, 0) is 30.2 Å². The highest BCUT2D eigenvalue weighted by molar-refractivity contribution is 5.94. The third kappa shape index (κ3) is 2.53. The third-order valence-corrected chi connectivity index (χ3v) is 1.97. The molecule has 0 heterocycles. The van der Waals surface area contributed by atoms with Gasteiger partial charge in [-0.15, -0.1) is 0 Å². The quantitative estimate of drug-likeness (QED) is 0.757. The fourth-order valence-electron chi connectivity index (χ4n) is 1.21. The van der Waals surface area contributed by atoms with E-state index in [0.29, 0.717) is 11.1 Å². The van der Waals surface area contributed by atoms with Crippen LogP contribution in [0.4, 0.5) is 4.39 Å². The Morgan fingerprint density at radius 2 is 2.20 bits per heavy atom. The lowest BCUT2D eigenvalue weighted by Gasteiger charge is -2.03. The molecule has 0 fully saturated rings. The van der Waals surface area contributed by atoms with E-state index in [1.807, 2.05) is 13.0 Å². The minimum atomic E-state index is -0.775. The summed E-state index contributed by atoms with van der Waals surface area (Å²) >= 11 is 0. The van der Waals surface area contributed by atoms with Gasteiger partial charge >= 0.3 is 0 Å². The predicted octanol–water partition coefficient (Wildman–Crippen LogP) is 2.51. The van der Waals surface area contributed by atoms with Crippen molar-refractivity contribution in [3.63, 3.8) is 0 Å². The zero-order valence-electron chi connectivity index (χ0n) is 8.46. The normalized spacial score (nSPS) is 10.5. The smallest absolute Gasteiger partial charge is 0.251 e. The second-order valence-electron chi connectivity index (χ2n) is 3.08. The number of hydrogen-bond acceptors (Lipinski definition) is 1. The SMILES string of the molecule is C=C(C=CC)c1ccc(F)c(C(N)=O)c1. The van der Waals surface area contributed by atoms with Crippen LogP contribution >= 0.6 is 0 Å². The molecule has 1 aromatic rings. The first kappa shape index (κ1) is 11.2. The van der Waals surface area contributed by atoms with Crippen molar-refractivity contribution >= 4 is 11.5 Å². The standard InChI is InChI=1S/C12H12FNO/c1-3-4-8(2)9-5-6-11(13)10(7-9)12(14)15/h3-7H,2H2,1H3,(H2,14,15). The van der Waals surface area contributed by atoms with E-state index in [9.17, 15) is 9.18 Å². The predicted molar refractivity (Wildman–Crippen MR) is 58.8 cm³/mol. The van der Waals surface area contributed by atoms with E-state index in [0.717, 1.165) is 0 Å². The maximum Gasteiger partial charge on any atom is 0.251 e. The maximum absolute atomic E-state index is 13.1. The van der Waals surface area contributed by atoms with Crippen LogP contribution in [-0.2, 0) is 0 Å². The molecule has 0 atom stereocenters. The molecule has 2 N–H and O–H groups in total. The summed E-state index contributed by atoms with van der Waals surface area (Å²) in [5.74, 6) is -1.39. The molecule has 3 heteroatoms. The van der Waals surface area contributed by atoms with Gasteiger partial charge in [0.05, 0.1) is 5.56 Å². The Hall–Kier alpha value is -1.90. The third-order valence-electron chi connectivity index (χ3n) is 1.97. The number of amides is 1. The highest BCUT2D eigenvalue weighted by Crippen LogP contribution is 2.17. The first-order valence-electron chi connectivity index (χ1n) is 4.47. The second-order valence-corrected chi connectivity index (χ2v) is 3.08. The fraction of sp³-hybridized carbons (Fsp3) is 0.0833. The van der Waals surface area contributed by atoms with Crippen molar-refractivity contribution in [3.8, 4) is 0 Å². The Morgan fingerprint density at radius 3 is 2.73 bits per heavy atom. The van der Waals surface area contributed by atoms with E-state index in [2.05, 4.69) is 6.58 Å². The lowest BCUT2D eigenvalue weighted by atomic mass is 10.0. The molecule has 0 saturated heterocycles. The van der Waals surface area contributed by atoms with Crippen molar-refractivity contribution in [2.45, 2.75) is 6.92 Å². The summed E-state index contributed by atoms with van der Waals surface area (Å²) in [6.07, 6.45) is 3.59. The number of primary amides is 1. The van der Waals surface area contributed by atoms with E-state index in [1.165, 1.54) is 12.1 Å². The summed E-state index contributed by atoms with van der Waals surface area (Å²) in [6, 6.07) is 4.17. The van der Waals surface area contributed by atoms with Crippen LogP contribution in [0.2, 0.25) is 0 Å². The molecular weight excluding hydrogens is 193 g/mol. The number of carbonyl (C=O) groups excluding carboxylic acids is 1. The van der Waals surface area contributed by atoms with Crippen LogP contribution in [-0.4, -0.2) is 5.91 Å². The Labute approximate surface area is 87.9 Å². The summed E-state index contributed by atoms with van der Waals surface area (Å²) in [6.45, 7) is 5.63. The van der Waals surface area contributed by atoms with Gasteiger partial charge in [0.15, 0.2) is 0 Å². The molecule has 0 aliphatic heterocycles. The van der Waals surface area contributed by atoms with E-state index in [-0.39, 0.29) is 5.56 Å². The summed E-state index contributed by atoms with van der Waals surface area (Å²) in [4.78, 5) is 10.9. The maximum atomic E-state index is 13.1. The van der Waals surface area contributed by atoms with Crippen LogP contribution in [0, 0.1) is 5.82 Å². The Kier molecular flexibility index (Phi) is 3.39. The number of halogens is 1. The zero-order valence-corrected chi connectivity index (χ0v) is 8.46. The molecule has 1 rings (SSSR count). The molecule has 15 heavy (non-hydrogen) atoms. The topological polar surface area (TPSA) is 43.1 Å². The van der Waals surface area contributed by atoms with Gasteiger partial charge in [0.1, 0.15) is 5.82 Å². The van der Waals surface area contributed by atoms with Crippen LogP contribution in [0.25, 0.3) is 5.57 Å². The van der Waals surface area contributed by atoms with Crippen molar-refractivity contribution in [2.75, 3.05) is 0 Å². The molecule has 78 valence electrons. The Bertz CT molecular complexity index is 435. The molecule has 0 aliphatic rings. The molecule has 0 unspecified atom stereocenters. The van der Waals surface area contributed by atoms with Crippen LogP contribution in [0.15, 0.2) is 36.9 Å². The monoisotopic (exact) mass is 205 g/mol. The van der Waals surface area contributed by atoms with E-state index < -0.39 is 11.7 Å². The highest BCUT2D eigenvalue weighted by Gasteiger charge is 2.09. The Morgan fingerprint density at radius 1 is 1.53 bits per heavy atom. The summed E-state index contributed by atoms with van der Waals surface area (Å²) in [7, 11) is 0. The van der Waals surface area contributed by atoms with Gasteiger partial charge in [-0.1, -0.05) is 24.8 Å². The number of benzene rings is 1. The van der Waals surface area contributed by atoms with Crippen molar-refractivity contribution in [2.24, 2.45) is 5.73 Å². The van der Waals surface area contributed by atoms with Crippen molar-refractivity contribution in [1.82, 2.24) is 0 Å². The van der Waals surface area contributed by atoms with E-state index in [1.54, 1.807) is 12.1 Å². The van der Waals surface area contributed by atoms with Crippen LogP contribution in [0.3, 0.4) is 0 Å². The van der Waals surface area contributed by atoms with Gasteiger partial charge in [-0.2, -0.15) is 0 Å². The zero-order chi connectivity index (χ0) is 11.4. The molecule has 1 amide bonds. The summed E-state index contributed by atoms with van der Waals surface area (Å²) in [5, 5.41) is 0. The summed E-state index contributed by atoms with van der Waals surface area (Å²) < 4.78 is 13.1. The van der Waals surface area contributed by atoms with Crippen molar-refractivity contribution in [1.29, 1.82) is 0 Å². The lowest BCUT2D eigenvalue weighted by Crippen LogP contribution is -2.13. The second kappa shape index (κ2) is 4.55. The van der Waals surface area contributed by atoms with E-state index >= 15 is 0 Å². The lowest BCUT2D eigenvalue weighted by molar-refractivity contribution is 0.0996. The number of hydrogen-bond donors (Lipinski definition) is 1. The molecule has 0 radical (unpaired) electrons. The molecule has 2 nitrogen and oxygen atoms in total. The number of carbonyl (C=O) groups is 1. The number of nitrogens with two attached hydrogens (primary N) is 1. The molecule has 0 bridgehead atoms. The minimum Gasteiger partial charge on any atom is -0.366 e. The van der Waals surface area contributed by atoms with Gasteiger partial charge in [-0.3, -0.25) is 4.79 Å². The van der Waals surface area contributed by atoms with Crippen LogP contribution < -0.4 is 5.73 Å². The number of allylic oxidation sites excluding steroid dienone is 3. The van der Waals surface area contributed by atoms with Crippen LogP contribution in [0.1, 0.15) is 22.8 Å². The van der Waals surface area contributed by atoms with Gasteiger partial charge < -0.3 is 5.73 Å². The largest absolute Gasteiger partial charge is 0.366 e. The van der Waals surface area contributed by atoms with E-state index in [4.69, 9.17) is 5.73 Å². The molecular formula is C12H12FNO. The molecule has 0 spiro atoms.